The third kappa shape index (κ3) is 3.07. The van der Waals surface area contributed by atoms with Crippen LogP contribution < -0.4 is 0 Å². The van der Waals surface area contributed by atoms with E-state index in [0.717, 1.165) is 0 Å². The number of halogens is 1. The Balaban J connectivity index is 3.58. The van der Waals surface area contributed by atoms with E-state index in [9.17, 15) is 5.11 Å². The largest absolute Gasteiger partial charge is 0.232 e. The Labute approximate surface area is 62.0 Å². The molecule has 9 heavy (non-hydrogen) atoms. The highest BCUT2D eigenvalue weighted by atomic mass is 35.5. The lowest BCUT2D eigenvalue weighted by Gasteiger charge is -2.16. The summed E-state index contributed by atoms with van der Waals surface area (Å²) in [6, 6.07) is 0. The van der Waals surface area contributed by atoms with Crippen LogP contribution in [0.1, 0.15) is 20.8 Å². The van der Waals surface area contributed by atoms with Gasteiger partial charge in [0.05, 0.1) is 6.10 Å². The van der Waals surface area contributed by atoms with Crippen molar-refractivity contribution in [3.63, 3.8) is 0 Å². The van der Waals surface area contributed by atoms with Gasteiger partial charge in [0.2, 0.25) is 0 Å². The van der Waals surface area contributed by atoms with Crippen LogP contribution in [0.5, 0.6) is 0 Å². The van der Waals surface area contributed by atoms with E-state index in [2.05, 4.69) is 0 Å². The topological polar surface area (TPSA) is 19.9 Å². The maximum Gasteiger partial charge on any atom is 0.0989 e. The van der Waals surface area contributed by atoms with Gasteiger partial charge in [-0.05, 0) is 11.8 Å². The molecule has 2 heteroatoms. The molecular weight excluding hydrogens is 136 g/mol. The van der Waals surface area contributed by atoms with Crippen LogP contribution >= 0.6 is 11.6 Å². The minimum absolute atomic E-state index is 0.103. The fraction of sp³-hybridized carbons (Fsp3) is 1.00. The molecule has 2 unspecified atom stereocenters. The maximum absolute atomic E-state index is 11.1. The molecule has 0 amide bonds. The molecule has 0 aliphatic carbocycles. The molecule has 0 aliphatic heterocycles. The first-order chi connectivity index (χ1) is 4.09. The summed E-state index contributed by atoms with van der Waals surface area (Å²) in [5.41, 5.74) is 0. The van der Waals surface area contributed by atoms with Gasteiger partial charge in [0.15, 0.2) is 0 Å². The molecule has 55 valence electrons. The molecule has 0 aromatic heterocycles. The van der Waals surface area contributed by atoms with Crippen LogP contribution in [0, 0.1) is 11.8 Å². The predicted molar refractivity (Wildman–Crippen MR) is 39.2 cm³/mol. The van der Waals surface area contributed by atoms with E-state index in [1.807, 2.05) is 20.8 Å². The Kier molecular flexibility index (Phi) is 4.24. The van der Waals surface area contributed by atoms with Gasteiger partial charge < -0.3 is 0 Å². The molecule has 0 saturated carbocycles. The lowest BCUT2D eigenvalue weighted by atomic mass is 9.97. The van der Waals surface area contributed by atoms with Crippen LogP contribution in [-0.2, 0) is 5.11 Å². The van der Waals surface area contributed by atoms with Gasteiger partial charge in [-0.25, -0.2) is 5.11 Å². The minimum atomic E-state index is -0.498. The monoisotopic (exact) mass is 149 g/mol. The fourth-order valence-corrected chi connectivity index (χ4v) is 0.920. The Morgan fingerprint density at radius 1 is 1.33 bits per heavy atom. The van der Waals surface area contributed by atoms with Crippen molar-refractivity contribution < 1.29 is 5.11 Å². The van der Waals surface area contributed by atoms with Gasteiger partial charge in [-0.15, -0.1) is 11.6 Å². The number of hydrogen-bond donors (Lipinski definition) is 0. The van der Waals surface area contributed by atoms with Gasteiger partial charge >= 0.3 is 0 Å². The summed E-state index contributed by atoms with van der Waals surface area (Å²) >= 11 is 5.49. The Morgan fingerprint density at radius 2 is 1.78 bits per heavy atom. The van der Waals surface area contributed by atoms with Crippen LogP contribution in [-0.4, -0.2) is 12.0 Å². The summed E-state index contributed by atoms with van der Waals surface area (Å²) in [5, 5.41) is 11.1. The summed E-state index contributed by atoms with van der Waals surface area (Å²) in [6.45, 7) is 5.76. The van der Waals surface area contributed by atoms with E-state index < -0.39 is 6.10 Å². The molecule has 1 nitrogen and oxygen atoms in total. The van der Waals surface area contributed by atoms with Gasteiger partial charge in [-0.2, -0.15) is 0 Å². The van der Waals surface area contributed by atoms with Crippen molar-refractivity contribution in [2.24, 2.45) is 11.8 Å². The second-order valence-electron chi connectivity index (χ2n) is 2.84. The lowest BCUT2D eigenvalue weighted by Crippen LogP contribution is -2.23. The molecule has 0 aromatic carbocycles. The molecule has 0 aromatic rings. The van der Waals surface area contributed by atoms with Crippen molar-refractivity contribution in [3.8, 4) is 0 Å². The van der Waals surface area contributed by atoms with Gasteiger partial charge in [-0.3, -0.25) is 0 Å². The van der Waals surface area contributed by atoms with E-state index in [-0.39, 0.29) is 11.8 Å². The van der Waals surface area contributed by atoms with Crippen LogP contribution in [0.3, 0.4) is 0 Å². The molecule has 0 heterocycles. The van der Waals surface area contributed by atoms with E-state index in [1.54, 1.807) is 0 Å². The quantitative estimate of drug-likeness (QED) is 0.549. The number of alkyl halides is 1. The Bertz CT molecular complexity index is 73.3. The summed E-state index contributed by atoms with van der Waals surface area (Å²) in [4.78, 5) is 0. The van der Waals surface area contributed by atoms with Gasteiger partial charge in [0, 0.05) is 5.88 Å². The molecule has 0 bridgehead atoms. The minimum Gasteiger partial charge on any atom is -0.232 e. The molecule has 2 atom stereocenters. The smallest absolute Gasteiger partial charge is 0.0989 e. The van der Waals surface area contributed by atoms with Crippen LogP contribution in [0.15, 0.2) is 0 Å². The molecule has 0 N–H and O–H groups in total. The second kappa shape index (κ2) is 4.13. The van der Waals surface area contributed by atoms with Crippen LogP contribution in [0.2, 0.25) is 0 Å². The highest BCUT2D eigenvalue weighted by Gasteiger charge is 2.17. The van der Waals surface area contributed by atoms with Crippen molar-refractivity contribution in [1.29, 1.82) is 0 Å². The number of hydrogen-bond acceptors (Lipinski definition) is 0. The first-order valence-corrected chi connectivity index (χ1v) is 3.84. The predicted octanol–water partition coefficient (Wildman–Crippen LogP) is 2.32. The summed E-state index contributed by atoms with van der Waals surface area (Å²) < 4.78 is 0. The average Bonchev–Trinajstić information content (AvgIpc) is 1.84. The average molecular weight is 150 g/mol. The molecule has 0 rings (SSSR count). The van der Waals surface area contributed by atoms with E-state index >= 15 is 0 Å². The molecule has 0 aliphatic rings. The first-order valence-electron chi connectivity index (χ1n) is 3.31. The van der Waals surface area contributed by atoms with E-state index in [1.165, 1.54) is 0 Å². The van der Waals surface area contributed by atoms with E-state index in [4.69, 9.17) is 11.6 Å². The van der Waals surface area contributed by atoms with Gasteiger partial charge in [-0.1, -0.05) is 20.8 Å². The maximum atomic E-state index is 11.1. The first kappa shape index (κ1) is 9.25. The third-order valence-corrected chi connectivity index (χ3v) is 1.95. The normalized spacial score (nSPS) is 18.0. The van der Waals surface area contributed by atoms with Crippen LogP contribution in [0.25, 0.3) is 0 Å². The zero-order valence-electron chi connectivity index (χ0n) is 6.23. The summed E-state index contributed by atoms with van der Waals surface area (Å²) in [6.07, 6.45) is -0.498. The highest BCUT2D eigenvalue weighted by Crippen LogP contribution is 2.13. The Hall–Kier alpha value is 0.250. The SMILES string of the molecule is CC(C)C([O])C(C)CCl. The van der Waals surface area contributed by atoms with Crippen molar-refractivity contribution in [2.45, 2.75) is 26.9 Å². The molecule has 0 spiro atoms. The number of rotatable bonds is 3. The standard InChI is InChI=1S/C7H14ClO/c1-5(2)7(9)6(3)4-8/h5-7H,4H2,1-3H3. The zero-order chi connectivity index (χ0) is 7.44. The molecule has 0 saturated heterocycles. The van der Waals surface area contributed by atoms with Gasteiger partial charge in [0.1, 0.15) is 0 Å². The van der Waals surface area contributed by atoms with Crippen molar-refractivity contribution in [2.75, 3.05) is 5.88 Å². The van der Waals surface area contributed by atoms with Crippen molar-refractivity contribution in [3.05, 3.63) is 0 Å². The highest BCUT2D eigenvalue weighted by molar-refractivity contribution is 6.18. The zero-order valence-corrected chi connectivity index (χ0v) is 6.98. The van der Waals surface area contributed by atoms with E-state index in [0.29, 0.717) is 5.88 Å². The summed E-state index contributed by atoms with van der Waals surface area (Å²) in [5.74, 6) is 0.789. The van der Waals surface area contributed by atoms with Gasteiger partial charge in [0.25, 0.3) is 0 Å². The molecule has 1 radical (unpaired) electrons. The summed E-state index contributed by atoms with van der Waals surface area (Å²) in [7, 11) is 0. The second-order valence-corrected chi connectivity index (χ2v) is 3.15. The van der Waals surface area contributed by atoms with Crippen molar-refractivity contribution in [1.82, 2.24) is 0 Å². The lowest BCUT2D eigenvalue weighted by molar-refractivity contribution is 0.0139. The molecular formula is C7H14ClO. The van der Waals surface area contributed by atoms with Crippen molar-refractivity contribution >= 4 is 11.6 Å². The molecule has 0 fully saturated rings. The fourth-order valence-electron chi connectivity index (χ4n) is 0.745. The Morgan fingerprint density at radius 3 is 1.89 bits per heavy atom. The van der Waals surface area contributed by atoms with Crippen LogP contribution in [0.4, 0.5) is 0 Å². The third-order valence-electron chi connectivity index (χ3n) is 1.46.